The summed E-state index contributed by atoms with van der Waals surface area (Å²) in [4.78, 5) is 0. The molecule has 0 bridgehead atoms. The van der Waals surface area contributed by atoms with Crippen LogP contribution in [-0.2, 0) is 0 Å². The third-order valence-electron chi connectivity index (χ3n) is 3.02. The number of rotatable bonds is 4. The third kappa shape index (κ3) is 2.68. The van der Waals surface area contributed by atoms with E-state index in [2.05, 4.69) is 21.2 Å². The van der Waals surface area contributed by atoms with Gasteiger partial charge in [-0.15, -0.1) is 0 Å². The van der Waals surface area contributed by atoms with Crippen LogP contribution in [0.5, 0.6) is 5.75 Å². The Hall–Kier alpha value is -0.740. The lowest BCUT2D eigenvalue weighted by atomic mass is 9.81. The second kappa shape index (κ2) is 5.06. The molecule has 1 aliphatic carbocycles. The van der Waals surface area contributed by atoms with Gasteiger partial charge in [0.1, 0.15) is 5.75 Å². The summed E-state index contributed by atoms with van der Waals surface area (Å²) in [5.41, 5.74) is 6.87. The van der Waals surface area contributed by atoms with Gasteiger partial charge in [-0.2, -0.15) is 0 Å². The predicted molar refractivity (Wildman–Crippen MR) is 69.9 cm³/mol. The van der Waals surface area contributed by atoms with Crippen molar-refractivity contribution in [2.45, 2.75) is 18.9 Å². The van der Waals surface area contributed by atoms with E-state index in [0.717, 1.165) is 41.2 Å². The normalized spacial score (nSPS) is 23.7. The SMILES string of the molecule is COc1ccc(NCC2CC(N)C2)cc1Br. The summed E-state index contributed by atoms with van der Waals surface area (Å²) in [5, 5.41) is 3.42. The zero-order chi connectivity index (χ0) is 11.5. The summed E-state index contributed by atoms with van der Waals surface area (Å²) in [6, 6.07) is 6.45. The molecule has 1 aliphatic rings. The Bertz CT molecular complexity index is 364. The van der Waals surface area contributed by atoms with Crippen molar-refractivity contribution in [3.63, 3.8) is 0 Å². The van der Waals surface area contributed by atoms with E-state index >= 15 is 0 Å². The van der Waals surface area contributed by atoms with Crippen LogP contribution in [0, 0.1) is 5.92 Å². The lowest BCUT2D eigenvalue weighted by Crippen LogP contribution is -2.39. The van der Waals surface area contributed by atoms with Crippen LogP contribution >= 0.6 is 15.9 Å². The molecule has 0 unspecified atom stereocenters. The van der Waals surface area contributed by atoms with Crippen molar-refractivity contribution in [2.75, 3.05) is 19.0 Å². The number of methoxy groups -OCH3 is 1. The minimum absolute atomic E-state index is 0.425. The first-order valence-electron chi connectivity index (χ1n) is 5.52. The summed E-state index contributed by atoms with van der Waals surface area (Å²) >= 11 is 3.47. The van der Waals surface area contributed by atoms with E-state index in [9.17, 15) is 0 Å². The smallest absolute Gasteiger partial charge is 0.133 e. The number of nitrogens with one attached hydrogen (secondary N) is 1. The quantitative estimate of drug-likeness (QED) is 0.894. The molecule has 1 aromatic rings. The molecular formula is C12H17BrN2O. The first kappa shape index (κ1) is 11.7. The van der Waals surface area contributed by atoms with Crippen molar-refractivity contribution in [3.05, 3.63) is 22.7 Å². The molecular weight excluding hydrogens is 268 g/mol. The maximum Gasteiger partial charge on any atom is 0.133 e. The first-order valence-corrected chi connectivity index (χ1v) is 6.31. The van der Waals surface area contributed by atoms with Gasteiger partial charge < -0.3 is 15.8 Å². The molecule has 1 aromatic carbocycles. The van der Waals surface area contributed by atoms with Crippen LogP contribution in [0.3, 0.4) is 0 Å². The predicted octanol–water partition coefficient (Wildman–Crippen LogP) is 2.61. The molecule has 3 nitrogen and oxygen atoms in total. The molecule has 0 aliphatic heterocycles. The topological polar surface area (TPSA) is 47.3 Å². The monoisotopic (exact) mass is 284 g/mol. The molecule has 0 saturated heterocycles. The number of ether oxygens (including phenoxy) is 1. The van der Waals surface area contributed by atoms with Crippen LogP contribution in [0.25, 0.3) is 0 Å². The maximum atomic E-state index is 5.75. The van der Waals surface area contributed by atoms with E-state index in [0.29, 0.717) is 6.04 Å². The molecule has 0 aromatic heterocycles. The second-order valence-electron chi connectivity index (χ2n) is 4.33. The van der Waals surface area contributed by atoms with Crippen molar-refractivity contribution >= 4 is 21.6 Å². The van der Waals surface area contributed by atoms with Crippen molar-refractivity contribution < 1.29 is 4.74 Å². The summed E-state index contributed by atoms with van der Waals surface area (Å²) < 4.78 is 6.16. The lowest BCUT2D eigenvalue weighted by molar-refractivity contribution is 0.280. The molecule has 88 valence electrons. The van der Waals surface area contributed by atoms with Gasteiger partial charge in [0.25, 0.3) is 0 Å². The van der Waals surface area contributed by atoms with E-state index in [1.54, 1.807) is 7.11 Å². The Morgan fingerprint density at radius 3 is 2.81 bits per heavy atom. The van der Waals surface area contributed by atoms with Crippen LogP contribution in [0.4, 0.5) is 5.69 Å². The van der Waals surface area contributed by atoms with Gasteiger partial charge in [0.15, 0.2) is 0 Å². The van der Waals surface area contributed by atoms with Crippen LogP contribution in [0.1, 0.15) is 12.8 Å². The molecule has 3 N–H and O–H groups in total. The second-order valence-corrected chi connectivity index (χ2v) is 5.18. The minimum atomic E-state index is 0.425. The van der Waals surface area contributed by atoms with Gasteiger partial charge >= 0.3 is 0 Å². The third-order valence-corrected chi connectivity index (χ3v) is 3.64. The maximum absolute atomic E-state index is 5.75. The molecule has 2 rings (SSSR count). The zero-order valence-corrected chi connectivity index (χ0v) is 11.0. The first-order chi connectivity index (χ1) is 7.69. The van der Waals surface area contributed by atoms with E-state index < -0.39 is 0 Å². The largest absolute Gasteiger partial charge is 0.496 e. The van der Waals surface area contributed by atoms with Gasteiger partial charge in [-0.05, 0) is 52.9 Å². The minimum Gasteiger partial charge on any atom is -0.496 e. The molecule has 1 saturated carbocycles. The highest BCUT2D eigenvalue weighted by molar-refractivity contribution is 9.10. The molecule has 16 heavy (non-hydrogen) atoms. The fourth-order valence-electron chi connectivity index (χ4n) is 1.99. The van der Waals surface area contributed by atoms with E-state index in [4.69, 9.17) is 10.5 Å². The fraction of sp³-hybridized carbons (Fsp3) is 0.500. The molecule has 0 spiro atoms. The number of benzene rings is 1. The van der Waals surface area contributed by atoms with Gasteiger partial charge in [0, 0.05) is 18.3 Å². The van der Waals surface area contributed by atoms with Crippen LogP contribution < -0.4 is 15.8 Å². The van der Waals surface area contributed by atoms with Gasteiger partial charge in [0.05, 0.1) is 11.6 Å². The van der Waals surface area contributed by atoms with E-state index in [1.807, 2.05) is 18.2 Å². The highest BCUT2D eigenvalue weighted by Gasteiger charge is 2.25. The van der Waals surface area contributed by atoms with Crippen LogP contribution in [-0.4, -0.2) is 19.7 Å². The molecule has 1 fully saturated rings. The molecule has 0 atom stereocenters. The van der Waals surface area contributed by atoms with Gasteiger partial charge in [-0.3, -0.25) is 0 Å². The van der Waals surface area contributed by atoms with Crippen molar-refractivity contribution in [2.24, 2.45) is 11.7 Å². The summed E-state index contributed by atoms with van der Waals surface area (Å²) in [6.45, 7) is 1.01. The van der Waals surface area contributed by atoms with Gasteiger partial charge in [-0.1, -0.05) is 0 Å². The number of halogens is 1. The average molecular weight is 285 g/mol. The summed E-state index contributed by atoms with van der Waals surface area (Å²) in [7, 11) is 1.67. The highest BCUT2D eigenvalue weighted by Crippen LogP contribution is 2.29. The van der Waals surface area contributed by atoms with Gasteiger partial charge in [0.2, 0.25) is 0 Å². The van der Waals surface area contributed by atoms with Crippen molar-refractivity contribution in [1.82, 2.24) is 0 Å². The lowest BCUT2D eigenvalue weighted by Gasteiger charge is -2.32. The van der Waals surface area contributed by atoms with Gasteiger partial charge in [-0.25, -0.2) is 0 Å². The van der Waals surface area contributed by atoms with E-state index in [1.165, 1.54) is 0 Å². The zero-order valence-electron chi connectivity index (χ0n) is 9.37. The average Bonchev–Trinajstić information content (AvgIpc) is 2.23. The fourth-order valence-corrected chi connectivity index (χ4v) is 2.53. The standard InChI is InChI=1S/C12H17BrN2O/c1-16-12-3-2-10(6-11(12)13)15-7-8-4-9(14)5-8/h2-3,6,8-9,15H,4-5,7,14H2,1H3. The summed E-state index contributed by atoms with van der Waals surface area (Å²) in [5.74, 6) is 1.59. The molecule has 4 heteroatoms. The molecule has 0 amide bonds. The van der Waals surface area contributed by atoms with Crippen LogP contribution in [0.2, 0.25) is 0 Å². The van der Waals surface area contributed by atoms with Crippen LogP contribution in [0.15, 0.2) is 22.7 Å². The Labute approximate surface area is 104 Å². The highest BCUT2D eigenvalue weighted by atomic mass is 79.9. The van der Waals surface area contributed by atoms with Crippen molar-refractivity contribution in [1.29, 1.82) is 0 Å². The number of anilines is 1. The Morgan fingerprint density at radius 1 is 1.50 bits per heavy atom. The van der Waals surface area contributed by atoms with Crippen molar-refractivity contribution in [3.8, 4) is 5.75 Å². The number of hydrogen-bond donors (Lipinski definition) is 2. The Balaban J connectivity index is 1.87. The Kier molecular flexibility index (Phi) is 3.71. The summed E-state index contributed by atoms with van der Waals surface area (Å²) in [6.07, 6.45) is 2.29. The number of hydrogen-bond acceptors (Lipinski definition) is 3. The number of nitrogens with two attached hydrogens (primary N) is 1. The van der Waals surface area contributed by atoms with E-state index in [-0.39, 0.29) is 0 Å². The Morgan fingerprint density at radius 2 is 2.25 bits per heavy atom. The molecule has 0 heterocycles. The molecule has 0 radical (unpaired) electrons.